The van der Waals surface area contributed by atoms with E-state index in [0.29, 0.717) is 0 Å². The molecule has 0 aromatic heterocycles. The minimum absolute atomic E-state index is 0.173. The van der Waals surface area contributed by atoms with Crippen molar-refractivity contribution in [1.82, 2.24) is 0 Å². The lowest BCUT2D eigenvalue weighted by Crippen LogP contribution is -3.07. The van der Waals surface area contributed by atoms with Gasteiger partial charge in [-0.25, -0.2) is 39.5 Å². The molecule has 15 heteroatoms. The maximum Gasteiger partial charge on any atom is 0.339 e. The summed E-state index contributed by atoms with van der Waals surface area (Å²) >= 11 is 0. The number of hydrogen-bond donors (Lipinski definition) is 0. The average molecular weight is 434 g/mol. The van der Waals surface area contributed by atoms with Crippen LogP contribution in [0.4, 0.5) is 65.9 Å². The Balaban J connectivity index is 2.73. The van der Waals surface area contributed by atoms with Gasteiger partial charge in [0.25, 0.3) is 0 Å². The zero-order chi connectivity index (χ0) is 21.7. The molecule has 4 aliphatic rings. The molecule has 4 fully saturated rings. The molecule has 27 heavy (non-hydrogen) atoms. The van der Waals surface area contributed by atoms with Crippen molar-refractivity contribution in [3.63, 3.8) is 0 Å². The van der Waals surface area contributed by atoms with Crippen LogP contribution in [0.1, 0.15) is 13.3 Å². The monoisotopic (exact) mass is 434 g/mol. The molecule has 0 saturated heterocycles. The molecule has 0 atom stereocenters. The Morgan fingerprint density at radius 3 is 0.704 bits per heavy atom. The lowest BCUT2D eigenvalue weighted by molar-refractivity contribution is -0.612. The van der Waals surface area contributed by atoms with Crippen LogP contribution in [0.15, 0.2) is 0 Å². The lowest BCUT2D eigenvalue weighted by Gasteiger charge is -2.75. The van der Waals surface area contributed by atoms with Gasteiger partial charge < -0.3 is 0 Å². The van der Waals surface area contributed by atoms with Crippen molar-refractivity contribution in [2.75, 3.05) is 0 Å². The summed E-state index contributed by atoms with van der Waals surface area (Å²) in [6.45, 7) is -0.173. The van der Waals surface area contributed by atoms with Gasteiger partial charge in [0.1, 0.15) is 0 Å². The highest BCUT2D eigenvalue weighted by molar-refractivity contribution is 5.52. The molecular formula is C12H5F15. The van der Waals surface area contributed by atoms with Gasteiger partial charge in [0.15, 0.2) is 5.41 Å². The summed E-state index contributed by atoms with van der Waals surface area (Å²) in [4.78, 5) is 0. The summed E-state index contributed by atoms with van der Waals surface area (Å²) in [6.07, 6.45) is -2.70. The molecule has 4 aliphatic carbocycles. The van der Waals surface area contributed by atoms with E-state index in [0.717, 1.165) is 0 Å². The lowest BCUT2D eigenvalue weighted by atomic mass is 9.36. The van der Waals surface area contributed by atoms with Gasteiger partial charge >= 0.3 is 52.5 Å². The Labute approximate surface area is 138 Å². The predicted octanol–water partition coefficient (Wildman–Crippen LogP) is 5.36. The topological polar surface area (TPSA) is 0 Å². The molecule has 0 unspecified atom stereocenters. The molecule has 0 radical (unpaired) electrons. The SMILES string of the molecule is CCC12C(F)(F)C3(F)C(F)(F)C(F)(C(F)(F)C(F)(C3(F)F)C1(F)F)C2(F)F. The molecule has 0 aliphatic heterocycles. The summed E-state index contributed by atoms with van der Waals surface area (Å²) in [7, 11) is 0. The van der Waals surface area contributed by atoms with Gasteiger partial charge in [-0.2, -0.15) is 26.3 Å². The third kappa shape index (κ3) is 1.09. The smallest absolute Gasteiger partial charge is 0.223 e. The van der Waals surface area contributed by atoms with Gasteiger partial charge in [-0.3, -0.25) is 0 Å². The van der Waals surface area contributed by atoms with E-state index in [9.17, 15) is 65.9 Å². The fourth-order valence-corrected chi connectivity index (χ4v) is 4.63. The van der Waals surface area contributed by atoms with Crippen molar-refractivity contribution in [1.29, 1.82) is 0 Å². The van der Waals surface area contributed by atoms with Crippen LogP contribution in [0, 0.1) is 5.41 Å². The molecule has 0 amide bonds. The third-order valence-electron chi connectivity index (χ3n) is 6.03. The highest BCUT2D eigenvalue weighted by atomic mass is 19.3. The highest BCUT2D eigenvalue weighted by Gasteiger charge is 3.22. The second kappa shape index (κ2) is 3.98. The molecule has 158 valence electrons. The summed E-state index contributed by atoms with van der Waals surface area (Å²) < 4.78 is 212. The zero-order valence-corrected chi connectivity index (χ0v) is 12.4. The van der Waals surface area contributed by atoms with Crippen LogP contribution in [-0.4, -0.2) is 52.5 Å². The van der Waals surface area contributed by atoms with Crippen molar-refractivity contribution in [2.24, 2.45) is 5.41 Å². The third-order valence-corrected chi connectivity index (χ3v) is 6.03. The number of rotatable bonds is 1. The van der Waals surface area contributed by atoms with Gasteiger partial charge in [0.05, 0.1) is 0 Å². The predicted molar refractivity (Wildman–Crippen MR) is 53.9 cm³/mol. The second-order valence-electron chi connectivity index (χ2n) is 6.68. The second-order valence-corrected chi connectivity index (χ2v) is 6.68. The summed E-state index contributed by atoms with van der Waals surface area (Å²) in [5, 5.41) is 0. The number of alkyl halides is 15. The Morgan fingerprint density at radius 2 is 0.556 bits per heavy atom. The van der Waals surface area contributed by atoms with E-state index in [-0.39, 0.29) is 6.92 Å². The molecular weight excluding hydrogens is 429 g/mol. The number of hydrogen-bond acceptors (Lipinski definition) is 0. The normalized spacial score (nSPS) is 52.0. The Kier molecular flexibility index (Phi) is 3.05. The van der Waals surface area contributed by atoms with Gasteiger partial charge in [-0.05, 0) is 6.42 Å². The fraction of sp³-hybridized carbons (Fsp3) is 1.00. The Bertz CT molecular complexity index is 607. The van der Waals surface area contributed by atoms with Crippen molar-refractivity contribution in [2.45, 2.75) is 65.9 Å². The molecule has 0 heterocycles. The maximum atomic E-state index is 14.4. The Hall–Kier alpha value is -1.05. The molecule has 0 spiro atoms. The van der Waals surface area contributed by atoms with Crippen LogP contribution in [0.5, 0.6) is 0 Å². The zero-order valence-electron chi connectivity index (χ0n) is 12.4. The average Bonchev–Trinajstić information content (AvgIpc) is 2.48. The number of halogens is 15. The first-order chi connectivity index (χ1) is 11.6. The summed E-state index contributed by atoms with van der Waals surface area (Å²) in [5.41, 5.74) is -28.6. The van der Waals surface area contributed by atoms with Crippen LogP contribution in [0.25, 0.3) is 0 Å². The van der Waals surface area contributed by atoms with Crippen molar-refractivity contribution >= 4 is 0 Å². The van der Waals surface area contributed by atoms with Crippen molar-refractivity contribution < 1.29 is 65.9 Å². The van der Waals surface area contributed by atoms with E-state index >= 15 is 0 Å². The molecule has 4 bridgehead atoms. The van der Waals surface area contributed by atoms with E-state index < -0.39 is 64.4 Å². The minimum atomic E-state index is -7.68. The van der Waals surface area contributed by atoms with E-state index in [2.05, 4.69) is 0 Å². The molecule has 0 aromatic rings. The van der Waals surface area contributed by atoms with Crippen LogP contribution in [0.2, 0.25) is 0 Å². The summed E-state index contributed by atoms with van der Waals surface area (Å²) in [6, 6.07) is 0. The van der Waals surface area contributed by atoms with Gasteiger partial charge in [0, 0.05) is 0 Å². The molecule has 0 nitrogen and oxygen atoms in total. The Morgan fingerprint density at radius 1 is 0.370 bits per heavy atom. The largest absolute Gasteiger partial charge is 0.339 e. The van der Waals surface area contributed by atoms with Gasteiger partial charge in [0.2, 0.25) is 0 Å². The van der Waals surface area contributed by atoms with Crippen molar-refractivity contribution in [3.8, 4) is 0 Å². The van der Waals surface area contributed by atoms with E-state index in [1.807, 2.05) is 0 Å². The maximum absolute atomic E-state index is 14.4. The first kappa shape index (κ1) is 20.7. The fourth-order valence-electron chi connectivity index (χ4n) is 4.63. The van der Waals surface area contributed by atoms with Crippen LogP contribution < -0.4 is 0 Å². The van der Waals surface area contributed by atoms with Crippen LogP contribution in [-0.2, 0) is 0 Å². The van der Waals surface area contributed by atoms with E-state index in [1.165, 1.54) is 0 Å². The first-order valence-corrected chi connectivity index (χ1v) is 6.90. The van der Waals surface area contributed by atoms with Crippen LogP contribution >= 0.6 is 0 Å². The van der Waals surface area contributed by atoms with E-state index in [1.54, 1.807) is 0 Å². The van der Waals surface area contributed by atoms with Gasteiger partial charge in [-0.1, -0.05) is 6.92 Å². The quantitative estimate of drug-likeness (QED) is 0.488. The van der Waals surface area contributed by atoms with Crippen molar-refractivity contribution in [3.05, 3.63) is 0 Å². The van der Waals surface area contributed by atoms with Gasteiger partial charge in [-0.15, -0.1) is 0 Å². The molecule has 4 rings (SSSR count). The molecule has 4 saturated carbocycles. The standard InChI is InChI=1S/C12H5F15/c1-2-3-7(16,17)4(13)10(22,23)5(14,8(3,18)19)12(26,27)6(15,9(3,20)21)11(4,24)25/h2H2,1H3. The highest BCUT2D eigenvalue weighted by Crippen LogP contribution is 2.91. The summed E-state index contributed by atoms with van der Waals surface area (Å²) in [5.74, 6) is -44.7. The first-order valence-electron chi connectivity index (χ1n) is 6.90. The van der Waals surface area contributed by atoms with Crippen LogP contribution in [0.3, 0.4) is 0 Å². The van der Waals surface area contributed by atoms with E-state index in [4.69, 9.17) is 0 Å². The molecule has 0 aromatic carbocycles. The minimum Gasteiger partial charge on any atom is -0.223 e. The molecule has 0 N–H and O–H groups in total.